The lowest BCUT2D eigenvalue weighted by atomic mass is 9.86. The van der Waals surface area contributed by atoms with E-state index in [0.717, 1.165) is 13.0 Å². The van der Waals surface area contributed by atoms with E-state index in [9.17, 15) is 0 Å². The number of rotatable bonds is 3. The van der Waals surface area contributed by atoms with Crippen molar-refractivity contribution in [3.8, 4) is 0 Å². The molecule has 0 bridgehead atoms. The summed E-state index contributed by atoms with van der Waals surface area (Å²) in [5.41, 5.74) is 8.99. The summed E-state index contributed by atoms with van der Waals surface area (Å²) in [6, 6.07) is 0. The van der Waals surface area contributed by atoms with Gasteiger partial charge in [0.1, 0.15) is 0 Å². The van der Waals surface area contributed by atoms with E-state index in [1.165, 1.54) is 24.1 Å². The van der Waals surface area contributed by atoms with Crippen LogP contribution in [0.5, 0.6) is 0 Å². The molecule has 1 fully saturated rings. The smallest absolute Gasteiger partial charge is 0.0709 e. The van der Waals surface area contributed by atoms with Gasteiger partial charge in [-0.15, -0.1) is 0 Å². The van der Waals surface area contributed by atoms with Crippen molar-refractivity contribution in [2.45, 2.75) is 45.4 Å². The van der Waals surface area contributed by atoms with E-state index in [1.807, 2.05) is 11.7 Å². The Hall–Kier alpha value is -0.830. The van der Waals surface area contributed by atoms with Gasteiger partial charge in [-0.3, -0.25) is 4.68 Å². The van der Waals surface area contributed by atoms with Crippen molar-refractivity contribution >= 4 is 0 Å². The molecule has 1 aliphatic rings. The highest BCUT2D eigenvalue weighted by molar-refractivity contribution is 5.26. The van der Waals surface area contributed by atoms with E-state index in [0.29, 0.717) is 5.41 Å². The van der Waals surface area contributed by atoms with Gasteiger partial charge < -0.3 is 5.73 Å². The van der Waals surface area contributed by atoms with Gasteiger partial charge >= 0.3 is 0 Å². The molecule has 3 nitrogen and oxygen atoms in total. The van der Waals surface area contributed by atoms with E-state index in [1.54, 1.807) is 0 Å². The van der Waals surface area contributed by atoms with Crippen molar-refractivity contribution < 1.29 is 0 Å². The second-order valence-corrected chi connectivity index (χ2v) is 6.31. The minimum absolute atomic E-state index is 0.126. The molecular weight excluding hydrogens is 198 g/mol. The van der Waals surface area contributed by atoms with Crippen LogP contribution in [0.1, 0.15) is 44.9 Å². The van der Waals surface area contributed by atoms with Crippen molar-refractivity contribution in [2.75, 3.05) is 6.54 Å². The van der Waals surface area contributed by atoms with Gasteiger partial charge in [0.15, 0.2) is 0 Å². The summed E-state index contributed by atoms with van der Waals surface area (Å²) in [4.78, 5) is 0. The van der Waals surface area contributed by atoms with Gasteiger partial charge in [-0.05, 0) is 36.8 Å². The summed E-state index contributed by atoms with van der Waals surface area (Å²) >= 11 is 0. The van der Waals surface area contributed by atoms with Crippen molar-refractivity contribution in [1.82, 2.24) is 9.78 Å². The third-order valence-electron chi connectivity index (χ3n) is 3.57. The Morgan fingerprint density at radius 2 is 2.06 bits per heavy atom. The van der Waals surface area contributed by atoms with Gasteiger partial charge in [0.25, 0.3) is 0 Å². The SMILES string of the molecule is Cn1cc(CC2(CN)CC2)c(C(C)(C)C)n1. The maximum absolute atomic E-state index is 5.86. The molecule has 0 unspecified atom stereocenters. The first-order valence-corrected chi connectivity index (χ1v) is 6.09. The first-order valence-electron chi connectivity index (χ1n) is 6.09. The Morgan fingerprint density at radius 3 is 2.50 bits per heavy atom. The van der Waals surface area contributed by atoms with Gasteiger partial charge in [0.05, 0.1) is 5.69 Å². The third kappa shape index (κ3) is 2.14. The highest BCUT2D eigenvalue weighted by Gasteiger charge is 2.42. The lowest BCUT2D eigenvalue weighted by Gasteiger charge is -2.19. The predicted molar refractivity (Wildman–Crippen MR) is 66.3 cm³/mol. The van der Waals surface area contributed by atoms with Crippen LogP contribution in [0.3, 0.4) is 0 Å². The zero-order valence-corrected chi connectivity index (χ0v) is 10.9. The number of aryl methyl sites for hydroxylation is 1. The Balaban J connectivity index is 2.27. The normalized spacial score (nSPS) is 18.8. The van der Waals surface area contributed by atoms with Gasteiger partial charge in [0.2, 0.25) is 0 Å². The van der Waals surface area contributed by atoms with Crippen molar-refractivity contribution in [3.05, 3.63) is 17.5 Å². The highest BCUT2D eigenvalue weighted by Crippen LogP contribution is 2.48. The summed E-state index contributed by atoms with van der Waals surface area (Å²) in [7, 11) is 2.00. The molecule has 1 aromatic heterocycles. The molecule has 0 aliphatic heterocycles. The topological polar surface area (TPSA) is 43.8 Å². The van der Waals surface area contributed by atoms with Gasteiger partial charge in [0, 0.05) is 18.7 Å². The standard InChI is InChI=1S/C13H23N3/c1-12(2,3)11-10(8-16(4)15-11)7-13(9-14)5-6-13/h8H,5-7,9,14H2,1-4H3. The summed E-state index contributed by atoms with van der Waals surface area (Å²) in [6.07, 6.45) is 5.82. The summed E-state index contributed by atoms with van der Waals surface area (Å²) in [5.74, 6) is 0. The number of hydrogen-bond donors (Lipinski definition) is 1. The van der Waals surface area contributed by atoms with E-state index in [-0.39, 0.29) is 5.41 Å². The molecular formula is C13H23N3. The van der Waals surface area contributed by atoms with Crippen LogP contribution in [0.4, 0.5) is 0 Å². The van der Waals surface area contributed by atoms with E-state index >= 15 is 0 Å². The fourth-order valence-corrected chi connectivity index (χ4v) is 2.33. The van der Waals surface area contributed by atoms with Crippen LogP contribution < -0.4 is 5.73 Å². The van der Waals surface area contributed by atoms with Crippen LogP contribution in [0.2, 0.25) is 0 Å². The summed E-state index contributed by atoms with van der Waals surface area (Å²) in [6.45, 7) is 7.48. The molecule has 0 saturated heterocycles. The average Bonchev–Trinajstić information content (AvgIpc) is 2.83. The molecule has 1 aromatic rings. The second kappa shape index (κ2) is 3.59. The van der Waals surface area contributed by atoms with Gasteiger partial charge in [-0.25, -0.2) is 0 Å². The van der Waals surface area contributed by atoms with Gasteiger partial charge in [-0.1, -0.05) is 20.8 Å². The van der Waals surface area contributed by atoms with Crippen LogP contribution >= 0.6 is 0 Å². The Kier molecular flexibility index (Phi) is 2.61. The average molecular weight is 221 g/mol. The number of nitrogens with zero attached hydrogens (tertiary/aromatic N) is 2. The number of aromatic nitrogens is 2. The predicted octanol–water partition coefficient (Wildman–Crippen LogP) is 2.00. The van der Waals surface area contributed by atoms with E-state index in [2.05, 4.69) is 32.1 Å². The second-order valence-electron chi connectivity index (χ2n) is 6.31. The van der Waals surface area contributed by atoms with Crippen molar-refractivity contribution in [1.29, 1.82) is 0 Å². The molecule has 0 aromatic carbocycles. The molecule has 1 saturated carbocycles. The minimum Gasteiger partial charge on any atom is -0.330 e. The lowest BCUT2D eigenvalue weighted by molar-refractivity contribution is 0.501. The zero-order chi connectivity index (χ0) is 12.0. The molecule has 90 valence electrons. The van der Waals surface area contributed by atoms with E-state index in [4.69, 9.17) is 5.73 Å². The fraction of sp³-hybridized carbons (Fsp3) is 0.769. The van der Waals surface area contributed by atoms with Crippen LogP contribution in [-0.2, 0) is 18.9 Å². The molecule has 1 aliphatic carbocycles. The van der Waals surface area contributed by atoms with Gasteiger partial charge in [-0.2, -0.15) is 5.10 Å². The first kappa shape index (κ1) is 11.6. The third-order valence-corrected chi connectivity index (χ3v) is 3.57. The van der Waals surface area contributed by atoms with Crippen LogP contribution in [-0.4, -0.2) is 16.3 Å². The Bertz CT molecular complexity index is 380. The Labute approximate surface area is 98.0 Å². The molecule has 0 amide bonds. The molecule has 2 N–H and O–H groups in total. The largest absolute Gasteiger partial charge is 0.330 e. The molecule has 16 heavy (non-hydrogen) atoms. The zero-order valence-electron chi connectivity index (χ0n) is 10.9. The van der Waals surface area contributed by atoms with E-state index < -0.39 is 0 Å². The van der Waals surface area contributed by atoms with Crippen molar-refractivity contribution in [2.24, 2.45) is 18.2 Å². The van der Waals surface area contributed by atoms with Crippen LogP contribution in [0.15, 0.2) is 6.20 Å². The fourth-order valence-electron chi connectivity index (χ4n) is 2.33. The lowest BCUT2D eigenvalue weighted by Crippen LogP contribution is -2.21. The quantitative estimate of drug-likeness (QED) is 0.848. The maximum atomic E-state index is 5.86. The molecule has 1 heterocycles. The molecule has 0 radical (unpaired) electrons. The highest BCUT2D eigenvalue weighted by atomic mass is 15.3. The van der Waals surface area contributed by atoms with Crippen molar-refractivity contribution in [3.63, 3.8) is 0 Å². The monoisotopic (exact) mass is 221 g/mol. The summed E-state index contributed by atoms with van der Waals surface area (Å²) in [5, 5.41) is 4.60. The molecule has 0 spiro atoms. The molecule has 3 heteroatoms. The summed E-state index contributed by atoms with van der Waals surface area (Å²) < 4.78 is 1.93. The number of hydrogen-bond acceptors (Lipinski definition) is 2. The number of nitrogens with two attached hydrogens (primary N) is 1. The molecule has 2 rings (SSSR count). The molecule has 0 atom stereocenters. The maximum Gasteiger partial charge on any atom is 0.0709 e. The Morgan fingerprint density at radius 1 is 1.44 bits per heavy atom. The van der Waals surface area contributed by atoms with Crippen LogP contribution in [0, 0.1) is 5.41 Å². The van der Waals surface area contributed by atoms with Crippen LogP contribution in [0.25, 0.3) is 0 Å². The minimum atomic E-state index is 0.126. The first-order chi connectivity index (χ1) is 7.36.